The van der Waals surface area contributed by atoms with Gasteiger partial charge in [-0.3, -0.25) is 4.68 Å². The van der Waals surface area contributed by atoms with E-state index in [0.29, 0.717) is 16.8 Å². The highest BCUT2D eigenvalue weighted by Crippen LogP contribution is 2.44. The summed E-state index contributed by atoms with van der Waals surface area (Å²) in [6, 6.07) is 2.11. The Labute approximate surface area is 109 Å². The molecule has 1 aliphatic rings. The molecule has 2 heterocycles. The number of carboxylic acid groups (broad SMARTS) is 1. The fourth-order valence-electron chi connectivity index (χ4n) is 2.19. The Morgan fingerprint density at radius 3 is 2.94 bits per heavy atom. The molecule has 5 heteroatoms. The SMILES string of the molecule is CCC(C)n1nc(C2CC2)c2cc(C(=O)O)sc21. The fraction of sp³-hybridized carbons (Fsp3) is 0.538. The van der Waals surface area contributed by atoms with E-state index in [4.69, 9.17) is 10.2 Å². The summed E-state index contributed by atoms with van der Waals surface area (Å²) in [7, 11) is 0. The maximum absolute atomic E-state index is 11.1. The van der Waals surface area contributed by atoms with Gasteiger partial charge in [0.05, 0.1) is 11.7 Å². The van der Waals surface area contributed by atoms with Crippen molar-refractivity contribution >= 4 is 27.5 Å². The van der Waals surface area contributed by atoms with Crippen molar-refractivity contribution in [1.29, 1.82) is 0 Å². The number of fused-ring (bicyclic) bond motifs is 1. The molecule has 1 saturated carbocycles. The van der Waals surface area contributed by atoms with Crippen LogP contribution in [-0.2, 0) is 0 Å². The predicted octanol–water partition coefficient (Wildman–Crippen LogP) is 3.64. The first-order valence-electron chi connectivity index (χ1n) is 6.37. The zero-order chi connectivity index (χ0) is 12.9. The van der Waals surface area contributed by atoms with Gasteiger partial charge in [0, 0.05) is 11.3 Å². The van der Waals surface area contributed by atoms with Crippen LogP contribution in [0.1, 0.15) is 60.4 Å². The number of thiophene rings is 1. The Morgan fingerprint density at radius 2 is 2.39 bits per heavy atom. The highest BCUT2D eigenvalue weighted by atomic mass is 32.1. The molecule has 18 heavy (non-hydrogen) atoms. The minimum absolute atomic E-state index is 0.320. The van der Waals surface area contributed by atoms with Gasteiger partial charge in [-0.05, 0) is 32.3 Å². The van der Waals surface area contributed by atoms with E-state index in [1.807, 2.05) is 4.68 Å². The van der Waals surface area contributed by atoms with Crippen LogP contribution in [0.4, 0.5) is 0 Å². The molecule has 0 saturated heterocycles. The number of hydrogen-bond acceptors (Lipinski definition) is 3. The lowest BCUT2D eigenvalue weighted by Gasteiger charge is -2.09. The highest BCUT2D eigenvalue weighted by molar-refractivity contribution is 7.20. The first-order chi connectivity index (χ1) is 8.61. The second-order valence-electron chi connectivity index (χ2n) is 5.00. The summed E-state index contributed by atoms with van der Waals surface area (Å²) >= 11 is 1.34. The third-order valence-corrected chi connectivity index (χ3v) is 4.71. The Bertz CT molecular complexity index is 610. The third-order valence-electron chi connectivity index (χ3n) is 3.60. The summed E-state index contributed by atoms with van der Waals surface area (Å²) in [5, 5.41) is 14.9. The number of carboxylic acids is 1. The maximum Gasteiger partial charge on any atom is 0.345 e. The van der Waals surface area contributed by atoms with Crippen molar-refractivity contribution in [2.45, 2.75) is 45.1 Å². The lowest BCUT2D eigenvalue weighted by Crippen LogP contribution is -2.05. The van der Waals surface area contributed by atoms with Crippen LogP contribution in [0.2, 0.25) is 0 Å². The van der Waals surface area contributed by atoms with E-state index >= 15 is 0 Å². The van der Waals surface area contributed by atoms with Crippen molar-refractivity contribution in [2.75, 3.05) is 0 Å². The van der Waals surface area contributed by atoms with E-state index in [0.717, 1.165) is 22.3 Å². The summed E-state index contributed by atoms with van der Waals surface area (Å²) in [6.07, 6.45) is 3.37. The summed E-state index contributed by atoms with van der Waals surface area (Å²) in [5.74, 6) is -0.289. The quantitative estimate of drug-likeness (QED) is 0.917. The van der Waals surface area contributed by atoms with E-state index in [1.54, 1.807) is 6.07 Å². The molecule has 0 amide bonds. The van der Waals surface area contributed by atoms with Crippen molar-refractivity contribution in [3.8, 4) is 0 Å². The lowest BCUT2D eigenvalue weighted by atomic mass is 10.2. The average molecular weight is 264 g/mol. The molecule has 1 atom stereocenters. The van der Waals surface area contributed by atoms with Gasteiger partial charge >= 0.3 is 5.97 Å². The van der Waals surface area contributed by atoms with Crippen LogP contribution in [0, 0.1) is 0 Å². The smallest absolute Gasteiger partial charge is 0.345 e. The second-order valence-corrected chi connectivity index (χ2v) is 6.03. The first-order valence-corrected chi connectivity index (χ1v) is 7.18. The molecule has 2 aromatic heterocycles. The topological polar surface area (TPSA) is 55.1 Å². The molecule has 0 bridgehead atoms. The molecule has 1 aliphatic carbocycles. The molecule has 0 aromatic carbocycles. The van der Waals surface area contributed by atoms with E-state index in [9.17, 15) is 4.79 Å². The first kappa shape index (κ1) is 11.7. The van der Waals surface area contributed by atoms with Crippen LogP contribution in [0.5, 0.6) is 0 Å². The number of hydrogen-bond donors (Lipinski definition) is 1. The van der Waals surface area contributed by atoms with Crippen LogP contribution in [0.3, 0.4) is 0 Å². The van der Waals surface area contributed by atoms with Gasteiger partial charge in [0.15, 0.2) is 0 Å². The number of aromatic nitrogens is 2. The van der Waals surface area contributed by atoms with E-state index in [-0.39, 0.29) is 0 Å². The number of nitrogens with zero attached hydrogens (tertiary/aromatic N) is 2. The van der Waals surface area contributed by atoms with Crippen LogP contribution >= 0.6 is 11.3 Å². The normalized spacial score (nSPS) is 17.2. The van der Waals surface area contributed by atoms with E-state index in [2.05, 4.69) is 13.8 Å². The third kappa shape index (κ3) is 1.73. The number of carbonyl (C=O) groups is 1. The Morgan fingerprint density at radius 1 is 1.67 bits per heavy atom. The lowest BCUT2D eigenvalue weighted by molar-refractivity contribution is 0.0702. The van der Waals surface area contributed by atoms with E-state index < -0.39 is 5.97 Å². The summed E-state index contributed by atoms with van der Waals surface area (Å²) in [6.45, 7) is 4.25. The monoisotopic (exact) mass is 264 g/mol. The van der Waals surface area contributed by atoms with Gasteiger partial charge in [0.1, 0.15) is 9.71 Å². The fourth-order valence-corrected chi connectivity index (χ4v) is 3.25. The van der Waals surface area contributed by atoms with Gasteiger partial charge in [-0.2, -0.15) is 5.10 Å². The van der Waals surface area contributed by atoms with Gasteiger partial charge in [-0.1, -0.05) is 6.92 Å². The van der Waals surface area contributed by atoms with Crippen molar-refractivity contribution in [3.05, 3.63) is 16.6 Å². The summed E-state index contributed by atoms with van der Waals surface area (Å²) in [5.41, 5.74) is 1.11. The molecule has 1 fully saturated rings. The van der Waals surface area contributed by atoms with Crippen molar-refractivity contribution in [1.82, 2.24) is 9.78 Å². The molecule has 4 nitrogen and oxygen atoms in total. The second kappa shape index (κ2) is 4.09. The molecular formula is C13H16N2O2S. The van der Waals surface area contributed by atoms with Gasteiger partial charge < -0.3 is 5.11 Å². The Hall–Kier alpha value is -1.36. The molecule has 2 aromatic rings. The number of rotatable bonds is 4. The standard InChI is InChI=1S/C13H16N2O2S/c1-3-7(2)15-12-9(6-10(18-12)13(16)17)11(14-15)8-4-5-8/h6-8H,3-5H2,1-2H3,(H,16,17). The van der Waals surface area contributed by atoms with Gasteiger partial charge in [0.25, 0.3) is 0 Å². The predicted molar refractivity (Wildman–Crippen MR) is 71.5 cm³/mol. The minimum atomic E-state index is -0.839. The summed E-state index contributed by atoms with van der Waals surface area (Å²) < 4.78 is 2.01. The molecule has 0 aliphatic heterocycles. The van der Waals surface area contributed by atoms with Crippen molar-refractivity contribution < 1.29 is 9.90 Å². The maximum atomic E-state index is 11.1. The molecule has 0 spiro atoms. The number of aromatic carboxylic acids is 1. The zero-order valence-corrected chi connectivity index (χ0v) is 11.3. The van der Waals surface area contributed by atoms with E-state index in [1.165, 1.54) is 24.2 Å². The molecular weight excluding hydrogens is 248 g/mol. The minimum Gasteiger partial charge on any atom is -0.477 e. The summed E-state index contributed by atoms with van der Waals surface area (Å²) in [4.78, 5) is 12.5. The van der Waals surface area contributed by atoms with Gasteiger partial charge in [-0.15, -0.1) is 11.3 Å². The molecule has 3 rings (SSSR count). The van der Waals surface area contributed by atoms with Crippen LogP contribution in [0.25, 0.3) is 10.2 Å². The average Bonchev–Trinajstić information content (AvgIpc) is 2.98. The van der Waals surface area contributed by atoms with Crippen LogP contribution in [-0.4, -0.2) is 20.9 Å². The Kier molecular flexibility index (Phi) is 2.66. The Balaban J connectivity index is 2.19. The van der Waals surface area contributed by atoms with Gasteiger partial charge in [-0.25, -0.2) is 4.79 Å². The van der Waals surface area contributed by atoms with Crippen molar-refractivity contribution in [3.63, 3.8) is 0 Å². The van der Waals surface area contributed by atoms with Gasteiger partial charge in [0.2, 0.25) is 0 Å². The van der Waals surface area contributed by atoms with Crippen LogP contribution in [0.15, 0.2) is 6.07 Å². The largest absolute Gasteiger partial charge is 0.477 e. The molecule has 96 valence electrons. The zero-order valence-electron chi connectivity index (χ0n) is 10.5. The molecule has 1 unspecified atom stereocenters. The molecule has 0 radical (unpaired) electrons. The molecule has 1 N–H and O–H groups in total. The highest BCUT2D eigenvalue weighted by Gasteiger charge is 2.31. The van der Waals surface area contributed by atoms with Crippen LogP contribution < -0.4 is 0 Å². The van der Waals surface area contributed by atoms with Crippen molar-refractivity contribution in [2.24, 2.45) is 0 Å².